The largest absolute Gasteiger partial charge is 0.497 e. The number of carbonyl (C=O) groups is 1. The van der Waals surface area contributed by atoms with Crippen LogP contribution in [-0.4, -0.2) is 48.4 Å². The van der Waals surface area contributed by atoms with Gasteiger partial charge in [-0.25, -0.2) is 4.31 Å². The molecule has 2 aliphatic rings. The number of ether oxygens (including phenoxy) is 1. The highest BCUT2D eigenvalue weighted by molar-refractivity contribution is 7.77. The molecule has 1 aliphatic carbocycles. The molecule has 1 aliphatic heterocycles. The highest BCUT2D eigenvalue weighted by atomic mass is 32.1. The summed E-state index contributed by atoms with van der Waals surface area (Å²) in [5.41, 5.74) is 0.849. The molecular weight excluding hydrogens is 272 g/mol. The number of methoxy groups -OCH3 is 1. The summed E-state index contributed by atoms with van der Waals surface area (Å²) in [4.78, 5) is 14.8. The van der Waals surface area contributed by atoms with Crippen LogP contribution in [0.5, 0.6) is 5.75 Å². The molecule has 1 saturated heterocycles. The Kier molecular flexibility index (Phi) is 3.65. The van der Waals surface area contributed by atoms with E-state index in [-0.39, 0.29) is 11.3 Å². The van der Waals surface area contributed by atoms with Gasteiger partial charge in [0.1, 0.15) is 5.75 Å². The molecule has 1 aromatic carbocycles. The van der Waals surface area contributed by atoms with Crippen LogP contribution >= 0.6 is 12.8 Å². The average Bonchev–Trinajstić information content (AvgIpc) is 3.29. The summed E-state index contributed by atoms with van der Waals surface area (Å²) in [6.07, 6.45) is 1.92. The number of carbonyl (C=O) groups excluding carboxylic acids is 1. The SMILES string of the molecule is COc1ccc(C2(C(=O)N3CCN(S)CC3)CC2)cc1. The molecule has 1 aromatic rings. The zero-order valence-corrected chi connectivity index (χ0v) is 12.6. The summed E-state index contributed by atoms with van der Waals surface area (Å²) in [5, 5.41) is 0. The first-order valence-corrected chi connectivity index (χ1v) is 7.43. The van der Waals surface area contributed by atoms with Crippen molar-refractivity contribution < 1.29 is 9.53 Å². The lowest BCUT2D eigenvalue weighted by Gasteiger charge is -2.34. The number of rotatable bonds is 3. The first-order chi connectivity index (χ1) is 9.65. The lowest BCUT2D eigenvalue weighted by atomic mass is 9.94. The van der Waals surface area contributed by atoms with Crippen molar-refractivity contribution in [3.05, 3.63) is 29.8 Å². The molecule has 1 saturated carbocycles. The smallest absolute Gasteiger partial charge is 0.233 e. The second-order valence-corrected chi connectivity index (χ2v) is 6.12. The summed E-state index contributed by atoms with van der Waals surface area (Å²) >= 11 is 4.33. The van der Waals surface area contributed by atoms with E-state index in [1.807, 2.05) is 33.5 Å². The molecule has 0 atom stereocenters. The highest BCUT2D eigenvalue weighted by Gasteiger charge is 2.53. The Bertz CT molecular complexity index is 491. The molecular formula is C15H20N2O2S. The predicted octanol–water partition coefficient (Wildman–Crippen LogP) is 1.72. The Morgan fingerprint density at radius 1 is 1.15 bits per heavy atom. The van der Waals surface area contributed by atoms with E-state index in [0.29, 0.717) is 0 Å². The fourth-order valence-corrected chi connectivity index (χ4v) is 3.04. The van der Waals surface area contributed by atoms with Crippen LogP contribution in [-0.2, 0) is 10.2 Å². The minimum absolute atomic E-state index is 0.273. The van der Waals surface area contributed by atoms with E-state index in [0.717, 1.165) is 50.3 Å². The van der Waals surface area contributed by atoms with Gasteiger partial charge in [0.2, 0.25) is 5.91 Å². The number of piperazine rings is 1. The number of hydrogen-bond acceptors (Lipinski definition) is 4. The summed E-state index contributed by atoms with van der Waals surface area (Å²) < 4.78 is 7.15. The minimum atomic E-state index is -0.273. The third-order valence-corrected chi connectivity index (χ3v) is 4.75. The van der Waals surface area contributed by atoms with Gasteiger partial charge in [0, 0.05) is 26.2 Å². The van der Waals surface area contributed by atoms with Gasteiger partial charge in [-0.15, -0.1) is 0 Å². The molecule has 0 spiro atoms. The Morgan fingerprint density at radius 3 is 2.25 bits per heavy atom. The zero-order valence-electron chi connectivity index (χ0n) is 11.7. The number of thiol groups is 1. The van der Waals surface area contributed by atoms with Crippen molar-refractivity contribution in [2.24, 2.45) is 0 Å². The van der Waals surface area contributed by atoms with Crippen LogP contribution in [0.15, 0.2) is 24.3 Å². The van der Waals surface area contributed by atoms with E-state index >= 15 is 0 Å². The van der Waals surface area contributed by atoms with Crippen LogP contribution in [0.4, 0.5) is 0 Å². The summed E-state index contributed by atoms with van der Waals surface area (Å²) in [6.45, 7) is 3.24. The normalized spacial score (nSPS) is 21.6. The van der Waals surface area contributed by atoms with Gasteiger partial charge in [0.05, 0.1) is 12.5 Å². The van der Waals surface area contributed by atoms with Gasteiger partial charge in [-0.3, -0.25) is 4.79 Å². The molecule has 0 bridgehead atoms. The molecule has 0 aromatic heterocycles. The van der Waals surface area contributed by atoms with Crippen LogP contribution < -0.4 is 4.74 Å². The lowest BCUT2D eigenvalue weighted by molar-refractivity contribution is -0.135. The predicted molar refractivity (Wildman–Crippen MR) is 81.0 cm³/mol. The van der Waals surface area contributed by atoms with E-state index in [9.17, 15) is 4.79 Å². The van der Waals surface area contributed by atoms with Gasteiger partial charge in [0.15, 0.2) is 0 Å². The molecule has 0 radical (unpaired) electrons. The quantitative estimate of drug-likeness (QED) is 0.861. The van der Waals surface area contributed by atoms with E-state index in [1.165, 1.54) is 0 Å². The monoisotopic (exact) mass is 292 g/mol. The van der Waals surface area contributed by atoms with Crippen molar-refractivity contribution in [1.29, 1.82) is 0 Å². The van der Waals surface area contributed by atoms with Crippen molar-refractivity contribution in [1.82, 2.24) is 9.21 Å². The number of amides is 1. The van der Waals surface area contributed by atoms with Crippen molar-refractivity contribution in [2.75, 3.05) is 33.3 Å². The Balaban J connectivity index is 1.76. The van der Waals surface area contributed by atoms with E-state index in [4.69, 9.17) is 4.74 Å². The average molecular weight is 292 g/mol. The van der Waals surface area contributed by atoms with Gasteiger partial charge >= 0.3 is 0 Å². The van der Waals surface area contributed by atoms with Crippen LogP contribution in [0.1, 0.15) is 18.4 Å². The molecule has 0 N–H and O–H groups in total. The maximum absolute atomic E-state index is 12.8. The molecule has 20 heavy (non-hydrogen) atoms. The number of benzene rings is 1. The van der Waals surface area contributed by atoms with Gasteiger partial charge in [0.25, 0.3) is 0 Å². The van der Waals surface area contributed by atoms with Crippen molar-refractivity contribution in [3.63, 3.8) is 0 Å². The van der Waals surface area contributed by atoms with Crippen molar-refractivity contribution >= 4 is 18.7 Å². The highest BCUT2D eigenvalue weighted by Crippen LogP contribution is 2.50. The fourth-order valence-electron chi connectivity index (χ4n) is 2.86. The Labute approximate surface area is 125 Å². The molecule has 1 heterocycles. The van der Waals surface area contributed by atoms with E-state index < -0.39 is 0 Å². The molecule has 4 nitrogen and oxygen atoms in total. The zero-order chi connectivity index (χ0) is 14.2. The number of nitrogens with zero attached hydrogens (tertiary/aromatic N) is 2. The summed E-state index contributed by atoms with van der Waals surface area (Å²) in [5.74, 6) is 1.12. The summed E-state index contributed by atoms with van der Waals surface area (Å²) in [6, 6.07) is 7.93. The first-order valence-electron chi connectivity index (χ1n) is 7.03. The van der Waals surface area contributed by atoms with Gasteiger partial charge < -0.3 is 9.64 Å². The number of hydrogen-bond donors (Lipinski definition) is 1. The van der Waals surface area contributed by atoms with Crippen molar-refractivity contribution in [2.45, 2.75) is 18.3 Å². The molecule has 0 unspecified atom stereocenters. The minimum Gasteiger partial charge on any atom is -0.497 e. The molecule has 5 heteroatoms. The van der Waals surface area contributed by atoms with E-state index in [2.05, 4.69) is 12.8 Å². The molecule has 2 fully saturated rings. The molecule has 1 amide bonds. The van der Waals surface area contributed by atoms with Crippen LogP contribution in [0, 0.1) is 0 Å². The summed E-state index contributed by atoms with van der Waals surface area (Å²) in [7, 11) is 1.66. The molecule has 3 rings (SSSR count). The first kappa shape index (κ1) is 13.8. The molecule has 108 valence electrons. The van der Waals surface area contributed by atoms with Gasteiger partial charge in [-0.1, -0.05) is 24.9 Å². The second kappa shape index (κ2) is 5.30. The van der Waals surface area contributed by atoms with Crippen LogP contribution in [0.3, 0.4) is 0 Å². The van der Waals surface area contributed by atoms with Crippen molar-refractivity contribution in [3.8, 4) is 5.75 Å². The van der Waals surface area contributed by atoms with Gasteiger partial charge in [-0.2, -0.15) is 0 Å². The maximum Gasteiger partial charge on any atom is 0.233 e. The fraction of sp³-hybridized carbons (Fsp3) is 0.533. The third-order valence-electron chi connectivity index (χ3n) is 4.35. The standard InChI is InChI=1S/C15H20N2O2S/c1-19-13-4-2-12(3-5-13)15(6-7-15)14(18)16-8-10-17(20)11-9-16/h2-5,20H,6-11H2,1H3. The van der Waals surface area contributed by atoms with Crippen LogP contribution in [0.2, 0.25) is 0 Å². The topological polar surface area (TPSA) is 32.8 Å². The van der Waals surface area contributed by atoms with E-state index in [1.54, 1.807) is 7.11 Å². The maximum atomic E-state index is 12.8. The Hall–Kier alpha value is -1.20. The second-order valence-electron chi connectivity index (χ2n) is 5.56. The Morgan fingerprint density at radius 2 is 1.75 bits per heavy atom. The van der Waals surface area contributed by atoms with Crippen LogP contribution in [0.25, 0.3) is 0 Å². The lowest BCUT2D eigenvalue weighted by Crippen LogP contribution is -2.49. The van der Waals surface area contributed by atoms with Gasteiger partial charge in [-0.05, 0) is 30.5 Å². The third kappa shape index (κ3) is 2.40.